The van der Waals surface area contributed by atoms with Crippen molar-refractivity contribution < 1.29 is 4.74 Å². The summed E-state index contributed by atoms with van der Waals surface area (Å²) >= 11 is 0. The third kappa shape index (κ3) is 3.11. The van der Waals surface area contributed by atoms with E-state index in [2.05, 4.69) is 91.9 Å². The maximum Gasteiger partial charge on any atom is 0.0503 e. The van der Waals surface area contributed by atoms with E-state index in [1.807, 2.05) is 0 Å². The van der Waals surface area contributed by atoms with Gasteiger partial charge in [0.1, 0.15) is 0 Å². The fourth-order valence-corrected chi connectivity index (χ4v) is 4.05. The largest absolute Gasteiger partial charge is 0.381 e. The number of rotatable bonds is 6. The van der Waals surface area contributed by atoms with Crippen LogP contribution in [0.15, 0.2) is 90.5 Å². The quantitative estimate of drug-likeness (QED) is 0.496. The second-order valence-corrected chi connectivity index (χ2v) is 6.64. The molecular formula is C25H24O. The zero-order chi connectivity index (χ0) is 17.8. The number of benzene rings is 3. The van der Waals surface area contributed by atoms with Crippen molar-refractivity contribution >= 4 is 5.57 Å². The molecule has 0 bridgehead atoms. The van der Waals surface area contributed by atoms with Crippen molar-refractivity contribution in [3.05, 3.63) is 113 Å². The van der Waals surface area contributed by atoms with Gasteiger partial charge in [-0.25, -0.2) is 0 Å². The minimum Gasteiger partial charge on any atom is -0.381 e. The summed E-state index contributed by atoms with van der Waals surface area (Å²) in [5.41, 5.74) is 8.28. The molecule has 0 radical (unpaired) electrons. The molecular weight excluding hydrogens is 316 g/mol. The lowest BCUT2D eigenvalue weighted by Gasteiger charge is -2.18. The van der Waals surface area contributed by atoms with Crippen LogP contribution in [0.3, 0.4) is 0 Å². The van der Waals surface area contributed by atoms with Crippen LogP contribution < -0.4 is 0 Å². The van der Waals surface area contributed by atoms with Gasteiger partial charge in [0.2, 0.25) is 0 Å². The first-order valence-electron chi connectivity index (χ1n) is 9.40. The number of fused-ring (bicyclic) bond motifs is 1. The molecule has 0 aliphatic heterocycles. The highest BCUT2D eigenvalue weighted by molar-refractivity contribution is 5.89. The predicted octanol–water partition coefficient (Wildman–Crippen LogP) is 6.06. The summed E-state index contributed by atoms with van der Waals surface area (Å²) in [5, 5.41) is 0. The third-order valence-electron chi connectivity index (χ3n) is 5.13. The molecule has 0 aromatic heterocycles. The van der Waals surface area contributed by atoms with Crippen molar-refractivity contribution in [2.45, 2.75) is 19.3 Å². The fourth-order valence-electron chi connectivity index (χ4n) is 4.05. The lowest BCUT2D eigenvalue weighted by atomic mass is 9.87. The average molecular weight is 340 g/mol. The molecule has 3 aromatic rings. The number of ether oxygens (including phenoxy) is 1. The topological polar surface area (TPSA) is 9.23 Å². The molecule has 0 fully saturated rings. The molecule has 4 rings (SSSR count). The van der Waals surface area contributed by atoms with E-state index in [-0.39, 0.29) is 0 Å². The lowest BCUT2D eigenvalue weighted by molar-refractivity contribution is 0.150. The van der Waals surface area contributed by atoms with E-state index < -0.39 is 0 Å². The molecule has 1 nitrogen and oxygen atoms in total. The molecule has 130 valence electrons. The van der Waals surface area contributed by atoms with Crippen molar-refractivity contribution in [1.82, 2.24) is 0 Å². The lowest BCUT2D eigenvalue weighted by Crippen LogP contribution is -2.05. The van der Waals surface area contributed by atoms with Gasteiger partial charge in [0.25, 0.3) is 0 Å². The average Bonchev–Trinajstić information content (AvgIpc) is 3.03. The first kappa shape index (κ1) is 16.8. The van der Waals surface area contributed by atoms with E-state index in [0.29, 0.717) is 5.92 Å². The van der Waals surface area contributed by atoms with Gasteiger partial charge in [-0.1, -0.05) is 84.9 Å². The smallest absolute Gasteiger partial charge is 0.0503 e. The highest BCUT2D eigenvalue weighted by Gasteiger charge is 2.32. The second kappa shape index (κ2) is 7.72. The molecule has 1 unspecified atom stereocenters. The minimum absolute atomic E-state index is 0.308. The van der Waals surface area contributed by atoms with Crippen LogP contribution in [0.1, 0.15) is 41.5 Å². The predicted molar refractivity (Wildman–Crippen MR) is 108 cm³/mol. The molecule has 0 heterocycles. The first-order valence-corrected chi connectivity index (χ1v) is 9.40. The molecule has 1 atom stereocenters. The van der Waals surface area contributed by atoms with Crippen LogP contribution in [-0.2, 0) is 4.74 Å². The van der Waals surface area contributed by atoms with E-state index in [9.17, 15) is 0 Å². The summed E-state index contributed by atoms with van der Waals surface area (Å²) in [6.07, 6.45) is 0.951. The molecule has 0 spiro atoms. The van der Waals surface area contributed by atoms with Gasteiger partial charge in [-0.15, -0.1) is 0 Å². The van der Waals surface area contributed by atoms with Gasteiger partial charge < -0.3 is 4.74 Å². The van der Waals surface area contributed by atoms with Gasteiger partial charge in [0.15, 0.2) is 0 Å². The van der Waals surface area contributed by atoms with Gasteiger partial charge >= 0.3 is 0 Å². The highest BCUT2D eigenvalue weighted by atomic mass is 16.5. The van der Waals surface area contributed by atoms with Crippen LogP contribution in [0.5, 0.6) is 0 Å². The van der Waals surface area contributed by atoms with Gasteiger partial charge in [0, 0.05) is 12.5 Å². The Morgan fingerprint density at radius 3 is 2.15 bits per heavy atom. The summed E-state index contributed by atoms with van der Waals surface area (Å²) in [4.78, 5) is 0. The van der Waals surface area contributed by atoms with E-state index >= 15 is 0 Å². The van der Waals surface area contributed by atoms with Crippen LogP contribution in [0.2, 0.25) is 0 Å². The van der Waals surface area contributed by atoms with Crippen molar-refractivity contribution in [3.8, 4) is 0 Å². The molecule has 0 N–H and O–H groups in total. The molecule has 1 aliphatic rings. The molecule has 1 aliphatic carbocycles. The Hall–Kier alpha value is -2.64. The van der Waals surface area contributed by atoms with Crippen LogP contribution in [0.25, 0.3) is 5.57 Å². The van der Waals surface area contributed by atoms with Crippen LogP contribution in [0.4, 0.5) is 0 Å². The Bertz CT molecular complexity index is 894. The minimum atomic E-state index is 0.308. The van der Waals surface area contributed by atoms with Gasteiger partial charge in [-0.3, -0.25) is 0 Å². The monoisotopic (exact) mass is 340 g/mol. The Morgan fingerprint density at radius 2 is 1.42 bits per heavy atom. The molecule has 1 heteroatoms. The van der Waals surface area contributed by atoms with Crippen molar-refractivity contribution in [1.29, 1.82) is 0 Å². The van der Waals surface area contributed by atoms with E-state index in [4.69, 9.17) is 4.74 Å². The summed E-state index contributed by atoms with van der Waals surface area (Å²) < 4.78 is 5.73. The molecule has 0 saturated carbocycles. The van der Waals surface area contributed by atoms with Gasteiger partial charge in [0.05, 0.1) is 6.61 Å². The third-order valence-corrected chi connectivity index (χ3v) is 5.13. The standard InChI is InChI=1S/C25H24O/c1-2-26-18-17-23-24(19-11-5-3-6-12-19)21-15-9-10-16-22(21)25(23)20-13-7-4-8-14-20/h3-16,24H,2,17-18H2,1H3. The number of hydrogen-bond donors (Lipinski definition) is 0. The number of hydrogen-bond acceptors (Lipinski definition) is 1. The summed E-state index contributed by atoms with van der Waals surface area (Å²) in [5.74, 6) is 0.308. The summed E-state index contributed by atoms with van der Waals surface area (Å²) in [6, 6.07) is 30.5. The van der Waals surface area contributed by atoms with Gasteiger partial charge in [-0.2, -0.15) is 0 Å². The highest BCUT2D eigenvalue weighted by Crippen LogP contribution is 2.49. The Labute approximate surface area is 156 Å². The van der Waals surface area contributed by atoms with Crippen LogP contribution in [-0.4, -0.2) is 13.2 Å². The molecule has 0 amide bonds. The Morgan fingerprint density at radius 1 is 0.769 bits per heavy atom. The molecule has 26 heavy (non-hydrogen) atoms. The van der Waals surface area contributed by atoms with Crippen molar-refractivity contribution in [3.63, 3.8) is 0 Å². The van der Waals surface area contributed by atoms with Crippen molar-refractivity contribution in [2.24, 2.45) is 0 Å². The Kier molecular flexibility index (Phi) is 4.99. The fraction of sp³-hybridized carbons (Fsp3) is 0.200. The normalized spacial score (nSPS) is 16.0. The maximum atomic E-state index is 5.73. The van der Waals surface area contributed by atoms with Crippen molar-refractivity contribution in [2.75, 3.05) is 13.2 Å². The SMILES string of the molecule is CCOCCC1=C(c2ccccc2)c2ccccc2C1c1ccccc1. The van der Waals surface area contributed by atoms with E-state index in [1.165, 1.54) is 33.4 Å². The van der Waals surface area contributed by atoms with Gasteiger partial charge in [-0.05, 0) is 46.7 Å². The zero-order valence-electron chi connectivity index (χ0n) is 15.2. The Balaban J connectivity index is 1.90. The summed E-state index contributed by atoms with van der Waals surface area (Å²) in [6.45, 7) is 3.58. The first-order chi connectivity index (χ1) is 12.9. The molecule has 3 aromatic carbocycles. The molecule has 0 saturated heterocycles. The van der Waals surface area contributed by atoms with E-state index in [0.717, 1.165) is 19.6 Å². The maximum absolute atomic E-state index is 5.73. The van der Waals surface area contributed by atoms with Crippen LogP contribution in [0, 0.1) is 0 Å². The zero-order valence-corrected chi connectivity index (χ0v) is 15.2. The van der Waals surface area contributed by atoms with Crippen LogP contribution >= 0.6 is 0 Å². The second-order valence-electron chi connectivity index (χ2n) is 6.64. The summed E-state index contributed by atoms with van der Waals surface area (Å²) in [7, 11) is 0. The van der Waals surface area contributed by atoms with E-state index in [1.54, 1.807) is 0 Å².